The van der Waals surface area contributed by atoms with E-state index in [4.69, 9.17) is 14.2 Å². The van der Waals surface area contributed by atoms with Gasteiger partial charge in [-0.2, -0.15) is 0 Å². The third kappa shape index (κ3) is 1.04. The van der Waals surface area contributed by atoms with Crippen LogP contribution in [0, 0.1) is 5.92 Å². The fourth-order valence-electron chi connectivity index (χ4n) is 2.30. The minimum absolute atomic E-state index is 0.000694. The van der Waals surface area contributed by atoms with Gasteiger partial charge in [-0.3, -0.25) is 4.79 Å². The number of hydrogen-bond acceptors (Lipinski definition) is 4. The van der Waals surface area contributed by atoms with E-state index < -0.39 is 0 Å². The van der Waals surface area contributed by atoms with Crippen LogP contribution in [-0.4, -0.2) is 37.0 Å². The Hall–Kier alpha value is -0.870. The van der Waals surface area contributed by atoms with E-state index in [0.717, 1.165) is 0 Å². The predicted molar refractivity (Wildman–Crippen MR) is 46.6 cm³/mol. The van der Waals surface area contributed by atoms with Crippen molar-refractivity contribution in [2.75, 3.05) is 6.61 Å². The largest absolute Gasteiger partial charge is 0.463 e. The third-order valence-corrected chi connectivity index (χ3v) is 3.02. The molecule has 0 aromatic rings. The first-order valence-corrected chi connectivity index (χ1v) is 4.91. The molecule has 4 heteroatoms. The lowest BCUT2D eigenvalue weighted by Gasteiger charge is -2.24. The van der Waals surface area contributed by atoms with Crippen molar-refractivity contribution < 1.29 is 19.0 Å². The van der Waals surface area contributed by atoms with Crippen LogP contribution in [0.25, 0.3) is 0 Å². The average Bonchev–Trinajstić information content (AvgIpc) is 2.88. The second-order valence-electron chi connectivity index (χ2n) is 3.89. The number of carbonyl (C=O) groups excluding carboxylic acids is 1. The van der Waals surface area contributed by atoms with Gasteiger partial charge >= 0.3 is 5.97 Å². The fraction of sp³-hybridized carbons (Fsp3) is 0.700. The number of ether oxygens (including phenoxy) is 3. The van der Waals surface area contributed by atoms with Crippen molar-refractivity contribution in [1.29, 1.82) is 0 Å². The molecule has 0 aromatic carbocycles. The van der Waals surface area contributed by atoms with Crippen molar-refractivity contribution in [3.8, 4) is 0 Å². The van der Waals surface area contributed by atoms with Gasteiger partial charge in [-0.1, -0.05) is 12.2 Å². The second-order valence-corrected chi connectivity index (χ2v) is 3.89. The van der Waals surface area contributed by atoms with E-state index in [1.165, 1.54) is 0 Å². The summed E-state index contributed by atoms with van der Waals surface area (Å²) in [6.45, 7) is 2.33. The standard InChI is InChI=1S/C10H12O4/c1-2-3-5-8-9(14-8)7-6(13-5)4-12-10(7)11/h2-3,5-9H,4H2,1H3/b3-2+/t5-,6+,7-,8+,9-/m1/s1. The summed E-state index contributed by atoms with van der Waals surface area (Å²) in [6.07, 6.45) is 3.92. The molecular formula is C10H12O4. The summed E-state index contributed by atoms with van der Waals surface area (Å²) in [4.78, 5) is 11.3. The highest BCUT2D eigenvalue weighted by Crippen LogP contribution is 2.44. The minimum Gasteiger partial charge on any atom is -0.463 e. The van der Waals surface area contributed by atoms with Crippen LogP contribution < -0.4 is 0 Å². The summed E-state index contributed by atoms with van der Waals surface area (Å²) >= 11 is 0. The van der Waals surface area contributed by atoms with E-state index in [1.807, 2.05) is 19.1 Å². The van der Waals surface area contributed by atoms with Gasteiger partial charge in [0.05, 0.1) is 0 Å². The summed E-state index contributed by atoms with van der Waals surface area (Å²) < 4.78 is 16.1. The molecule has 76 valence electrons. The van der Waals surface area contributed by atoms with Crippen LogP contribution in [0.15, 0.2) is 12.2 Å². The molecule has 0 bridgehead atoms. The van der Waals surface area contributed by atoms with E-state index >= 15 is 0 Å². The Morgan fingerprint density at radius 3 is 3.00 bits per heavy atom. The monoisotopic (exact) mass is 196 g/mol. The number of rotatable bonds is 1. The van der Waals surface area contributed by atoms with Crippen molar-refractivity contribution in [2.45, 2.75) is 31.3 Å². The molecule has 0 amide bonds. The summed E-state index contributed by atoms with van der Waals surface area (Å²) in [6, 6.07) is 0. The van der Waals surface area contributed by atoms with Gasteiger partial charge in [0.25, 0.3) is 0 Å². The molecule has 3 aliphatic heterocycles. The molecule has 0 spiro atoms. The molecule has 3 saturated heterocycles. The van der Waals surface area contributed by atoms with Gasteiger partial charge in [0.15, 0.2) is 0 Å². The predicted octanol–water partition coefficient (Wildman–Crippen LogP) is 0.270. The number of allylic oxidation sites excluding steroid dienone is 1. The highest BCUT2D eigenvalue weighted by Gasteiger charge is 2.62. The lowest BCUT2D eigenvalue weighted by Crippen LogP contribution is -2.40. The van der Waals surface area contributed by atoms with Gasteiger partial charge in [-0.25, -0.2) is 0 Å². The highest BCUT2D eigenvalue weighted by atomic mass is 16.7. The summed E-state index contributed by atoms with van der Waals surface area (Å²) in [5, 5.41) is 0. The first-order valence-electron chi connectivity index (χ1n) is 4.91. The number of fused-ring (bicyclic) bond motifs is 3. The maximum Gasteiger partial charge on any atom is 0.314 e. The van der Waals surface area contributed by atoms with Crippen molar-refractivity contribution >= 4 is 5.97 Å². The molecular weight excluding hydrogens is 184 g/mol. The molecule has 3 aliphatic rings. The molecule has 0 saturated carbocycles. The molecule has 3 rings (SSSR count). The fourth-order valence-corrected chi connectivity index (χ4v) is 2.30. The normalized spacial score (nSPS) is 50.1. The summed E-state index contributed by atoms with van der Waals surface area (Å²) in [5.74, 6) is -0.345. The summed E-state index contributed by atoms with van der Waals surface area (Å²) in [7, 11) is 0. The Morgan fingerprint density at radius 2 is 2.21 bits per heavy atom. The maximum atomic E-state index is 11.3. The Labute approximate surface area is 81.8 Å². The Bertz CT molecular complexity index is 298. The number of carbonyl (C=O) groups is 1. The van der Waals surface area contributed by atoms with Gasteiger partial charge in [0.1, 0.15) is 36.9 Å². The van der Waals surface area contributed by atoms with Crippen LogP contribution in [0.4, 0.5) is 0 Å². The van der Waals surface area contributed by atoms with E-state index in [0.29, 0.717) is 6.61 Å². The van der Waals surface area contributed by atoms with Crippen molar-refractivity contribution in [3.63, 3.8) is 0 Å². The van der Waals surface area contributed by atoms with Gasteiger partial charge < -0.3 is 14.2 Å². The Balaban J connectivity index is 1.81. The molecule has 3 fully saturated rings. The maximum absolute atomic E-state index is 11.3. The second kappa shape index (κ2) is 2.81. The molecule has 0 N–H and O–H groups in total. The molecule has 0 radical (unpaired) electrons. The quantitative estimate of drug-likeness (QED) is 0.343. The van der Waals surface area contributed by atoms with Crippen LogP contribution in [0.5, 0.6) is 0 Å². The zero-order valence-electron chi connectivity index (χ0n) is 7.88. The highest BCUT2D eigenvalue weighted by molar-refractivity contribution is 5.76. The topological polar surface area (TPSA) is 48.1 Å². The number of esters is 1. The molecule has 5 atom stereocenters. The van der Waals surface area contributed by atoms with Crippen LogP contribution in [-0.2, 0) is 19.0 Å². The lowest BCUT2D eigenvalue weighted by atomic mass is 9.93. The van der Waals surface area contributed by atoms with E-state index in [9.17, 15) is 4.79 Å². The average molecular weight is 196 g/mol. The van der Waals surface area contributed by atoms with Crippen molar-refractivity contribution in [1.82, 2.24) is 0 Å². The van der Waals surface area contributed by atoms with Crippen molar-refractivity contribution in [3.05, 3.63) is 12.2 Å². The summed E-state index contributed by atoms with van der Waals surface area (Å²) in [5.41, 5.74) is 0. The molecule has 0 aromatic heterocycles. The van der Waals surface area contributed by atoms with Gasteiger partial charge in [0.2, 0.25) is 0 Å². The van der Waals surface area contributed by atoms with Crippen LogP contribution >= 0.6 is 0 Å². The van der Waals surface area contributed by atoms with Crippen LogP contribution in [0.3, 0.4) is 0 Å². The van der Waals surface area contributed by atoms with Crippen molar-refractivity contribution in [2.24, 2.45) is 5.92 Å². The number of hydrogen-bond donors (Lipinski definition) is 0. The molecule has 14 heavy (non-hydrogen) atoms. The minimum atomic E-state index is -0.179. The molecule has 4 nitrogen and oxygen atoms in total. The Kier molecular flexibility index (Phi) is 1.69. The molecule has 0 aliphatic carbocycles. The molecule has 3 heterocycles. The lowest BCUT2D eigenvalue weighted by molar-refractivity contribution is -0.142. The SMILES string of the molecule is C/C=C/[C@H]1O[C@H]2COC(=O)[C@H]2[C@H]2O[C@H]21. The van der Waals surface area contributed by atoms with E-state index in [1.54, 1.807) is 0 Å². The first-order chi connectivity index (χ1) is 6.81. The van der Waals surface area contributed by atoms with E-state index in [2.05, 4.69) is 0 Å². The van der Waals surface area contributed by atoms with Gasteiger partial charge in [-0.05, 0) is 6.92 Å². The zero-order chi connectivity index (χ0) is 9.71. The smallest absolute Gasteiger partial charge is 0.314 e. The van der Waals surface area contributed by atoms with Crippen LogP contribution in [0.1, 0.15) is 6.92 Å². The van der Waals surface area contributed by atoms with Crippen LogP contribution in [0.2, 0.25) is 0 Å². The first kappa shape index (κ1) is 8.44. The zero-order valence-corrected chi connectivity index (χ0v) is 7.88. The Morgan fingerprint density at radius 1 is 1.36 bits per heavy atom. The van der Waals surface area contributed by atoms with Gasteiger partial charge in [-0.15, -0.1) is 0 Å². The number of cyclic esters (lactones) is 1. The van der Waals surface area contributed by atoms with E-state index in [-0.39, 0.29) is 36.3 Å². The number of epoxide rings is 1. The molecule has 0 unspecified atom stereocenters. The third-order valence-electron chi connectivity index (χ3n) is 3.02. The van der Waals surface area contributed by atoms with Gasteiger partial charge in [0, 0.05) is 0 Å².